The Labute approximate surface area is 147 Å². The molecule has 2 aromatic carbocycles. The smallest absolute Gasteiger partial charge is 0.257 e. The Balaban J connectivity index is 1.71. The molecule has 0 aliphatic carbocycles. The third kappa shape index (κ3) is 4.44. The predicted octanol–water partition coefficient (Wildman–Crippen LogP) is 4.19. The van der Waals surface area contributed by atoms with Crippen LogP contribution in [-0.2, 0) is 6.42 Å². The van der Waals surface area contributed by atoms with E-state index >= 15 is 0 Å². The van der Waals surface area contributed by atoms with Crippen molar-refractivity contribution in [3.63, 3.8) is 0 Å². The van der Waals surface area contributed by atoms with Gasteiger partial charge in [0.2, 0.25) is 0 Å². The highest BCUT2D eigenvalue weighted by atomic mass is 16.5. The second-order valence-corrected chi connectivity index (χ2v) is 5.71. The zero-order valence-corrected chi connectivity index (χ0v) is 14.1. The van der Waals surface area contributed by atoms with Gasteiger partial charge >= 0.3 is 0 Å². The number of carbonyl (C=O) groups is 1. The first kappa shape index (κ1) is 16.7. The average molecular weight is 332 g/mol. The van der Waals surface area contributed by atoms with Gasteiger partial charge in [0, 0.05) is 31.9 Å². The molecule has 0 N–H and O–H groups in total. The predicted molar refractivity (Wildman–Crippen MR) is 97.9 cm³/mol. The molecule has 4 heteroatoms. The molecule has 0 fully saturated rings. The lowest BCUT2D eigenvalue weighted by atomic mass is 10.1. The maximum atomic E-state index is 12.8. The standard InChI is InChI=1S/C21H20N2O2/c1-23(16-14-17-9-7-8-15-22-17)21(24)19-12-5-6-13-20(19)25-18-10-3-2-4-11-18/h2-13,15H,14,16H2,1H3. The normalized spacial score (nSPS) is 10.3. The van der Waals surface area contributed by atoms with Crippen molar-refractivity contribution in [1.29, 1.82) is 0 Å². The van der Waals surface area contributed by atoms with E-state index < -0.39 is 0 Å². The summed E-state index contributed by atoms with van der Waals surface area (Å²) in [7, 11) is 1.80. The Morgan fingerprint density at radius 1 is 0.960 bits per heavy atom. The Hall–Kier alpha value is -3.14. The van der Waals surface area contributed by atoms with Gasteiger partial charge in [-0.05, 0) is 36.4 Å². The summed E-state index contributed by atoms with van der Waals surface area (Å²) >= 11 is 0. The Kier molecular flexibility index (Phi) is 5.42. The van der Waals surface area contributed by atoms with Crippen molar-refractivity contribution in [2.75, 3.05) is 13.6 Å². The first-order valence-corrected chi connectivity index (χ1v) is 8.21. The van der Waals surface area contributed by atoms with Crippen molar-refractivity contribution in [2.24, 2.45) is 0 Å². The second-order valence-electron chi connectivity index (χ2n) is 5.71. The summed E-state index contributed by atoms with van der Waals surface area (Å²) in [5.74, 6) is 1.20. The molecule has 0 saturated heterocycles. The van der Waals surface area contributed by atoms with Crippen LogP contribution in [0.3, 0.4) is 0 Å². The van der Waals surface area contributed by atoms with Gasteiger partial charge in [-0.2, -0.15) is 0 Å². The summed E-state index contributed by atoms with van der Waals surface area (Å²) in [6.07, 6.45) is 2.48. The minimum Gasteiger partial charge on any atom is -0.457 e. The van der Waals surface area contributed by atoms with Crippen LogP contribution >= 0.6 is 0 Å². The van der Waals surface area contributed by atoms with E-state index in [1.54, 1.807) is 24.2 Å². The van der Waals surface area contributed by atoms with Crippen molar-refractivity contribution in [2.45, 2.75) is 6.42 Å². The zero-order valence-electron chi connectivity index (χ0n) is 14.1. The molecule has 1 aromatic heterocycles. The van der Waals surface area contributed by atoms with Gasteiger partial charge in [0.05, 0.1) is 5.56 Å². The summed E-state index contributed by atoms with van der Waals surface area (Å²) in [6.45, 7) is 0.593. The van der Waals surface area contributed by atoms with Gasteiger partial charge in [0.1, 0.15) is 11.5 Å². The van der Waals surface area contributed by atoms with Crippen LogP contribution in [0.4, 0.5) is 0 Å². The average Bonchev–Trinajstić information content (AvgIpc) is 2.67. The summed E-state index contributed by atoms with van der Waals surface area (Å²) < 4.78 is 5.88. The number of carbonyl (C=O) groups excluding carboxylic acids is 1. The molecule has 0 saturated carbocycles. The van der Waals surface area contributed by atoms with E-state index in [1.807, 2.05) is 66.7 Å². The summed E-state index contributed by atoms with van der Waals surface area (Å²) in [6, 6.07) is 22.6. The number of ether oxygens (including phenoxy) is 1. The SMILES string of the molecule is CN(CCc1ccccn1)C(=O)c1ccccc1Oc1ccccc1. The van der Waals surface area contributed by atoms with E-state index in [1.165, 1.54) is 0 Å². The second kappa shape index (κ2) is 8.11. The van der Waals surface area contributed by atoms with Crippen LogP contribution in [0.25, 0.3) is 0 Å². The molecule has 1 heterocycles. The lowest BCUT2D eigenvalue weighted by Gasteiger charge is -2.19. The third-order valence-corrected chi connectivity index (χ3v) is 3.86. The zero-order chi connectivity index (χ0) is 17.5. The van der Waals surface area contributed by atoms with Crippen molar-refractivity contribution in [1.82, 2.24) is 9.88 Å². The largest absolute Gasteiger partial charge is 0.457 e. The molecular formula is C21H20N2O2. The van der Waals surface area contributed by atoms with Crippen LogP contribution in [0.5, 0.6) is 11.5 Å². The molecule has 0 unspecified atom stereocenters. The fourth-order valence-electron chi connectivity index (χ4n) is 2.48. The summed E-state index contributed by atoms with van der Waals surface area (Å²) in [5.41, 5.74) is 1.52. The Bertz CT molecular complexity index is 820. The number of rotatable bonds is 6. The van der Waals surface area contributed by atoms with Gasteiger partial charge in [-0.25, -0.2) is 0 Å². The van der Waals surface area contributed by atoms with E-state index in [4.69, 9.17) is 4.74 Å². The van der Waals surface area contributed by atoms with Gasteiger partial charge in [-0.15, -0.1) is 0 Å². The molecule has 4 nitrogen and oxygen atoms in total. The van der Waals surface area contributed by atoms with Gasteiger partial charge in [-0.1, -0.05) is 36.4 Å². The lowest BCUT2D eigenvalue weighted by Crippen LogP contribution is -2.29. The van der Waals surface area contributed by atoms with E-state index in [2.05, 4.69) is 4.98 Å². The van der Waals surface area contributed by atoms with Crippen LogP contribution < -0.4 is 4.74 Å². The quantitative estimate of drug-likeness (QED) is 0.680. The minimum atomic E-state index is -0.0672. The topological polar surface area (TPSA) is 42.4 Å². The molecule has 0 spiro atoms. The van der Waals surface area contributed by atoms with E-state index in [0.29, 0.717) is 30.0 Å². The van der Waals surface area contributed by atoms with Crippen LogP contribution in [0.2, 0.25) is 0 Å². The van der Waals surface area contributed by atoms with E-state index in [0.717, 1.165) is 5.69 Å². The van der Waals surface area contributed by atoms with Crippen LogP contribution in [0.15, 0.2) is 79.0 Å². The summed E-state index contributed by atoms with van der Waals surface area (Å²) in [4.78, 5) is 18.8. The Morgan fingerprint density at radius 3 is 2.44 bits per heavy atom. The van der Waals surface area contributed by atoms with Crippen LogP contribution in [-0.4, -0.2) is 29.4 Å². The number of aromatic nitrogens is 1. The number of pyridine rings is 1. The highest BCUT2D eigenvalue weighted by Crippen LogP contribution is 2.25. The maximum Gasteiger partial charge on any atom is 0.257 e. The molecule has 0 aliphatic rings. The molecule has 0 radical (unpaired) electrons. The summed E-state index contributed by atoms with van der Waals surface area (Å²) in [5, 5.41) is 0. The highest BCUT2D eigenvalue weighted by Gasteiger charge is 2.17. The number of hydrogen-bond acceptors (Lipinski definition) is 3. The molecule has 3 aromatic rings. The molecular weight excluding hydrogens is 312 g/mol. The van der Waals surface area contributed by atoms with Gasteiger partial charge in [-0.3, -0.25) is 9.78 Å². The molecule has 1 amide bonds. The first-order valence-electron chi connectivity index (χ1n) is 8.21. The molecule has 3 rings (SSSR count). The van der Waals surface area contributed by atoms with Crippen LogP contribution in [0.1, 0.15) is 16.1 Å². The Morgan fingerprint density at radius 2 is 1.68 bits per heavy atom. The highest BCUT2D eigenvalue weighted by molar-refractivity contribution is 5.96. The van der Waals surface area contributed by atoms with Crippen molar-refractivity contribution in [3.8, 4) is 11.5 Å². The molecule has 25 heavy (non-hydrogen) atoms. The molecule has 0 bridgehead atoms. The number of benzene rings is 2. The van der Waals surface area contributed by atoms with Crippen molar-refractivity contribution >= 4 is 5.91 Å². The van der Waals surface area contributed by atoms with Crippen LogP contribution in [0, 0.1) is 0 Å². The number of para-hydroxylation sites is 2. The van der Waals surface area contributed by atoms with Gasteiger partial charge in [0.15, 0.2) is 0 Å². The lowest BCUT2D eigenvalue weighted by molar-refractivity contribution is 0.0794. The fraction of sp³-hybridized carbons (Fsp3) is 0.143. The van der Waals surface area contributed by atoms with Gasteiger partial charge in [0.25, 0.3) is 5.91 Å². The third-order valence-electron chi connectivity index (χ3n) is 3.86. The van der Waals surface area contributed by atoms with E-state index in [9.17, 15) is 4.79 Å². The number of hydrogen-bond donors (Lipinski definition) is 0. The molecule has 0 atom stereocenters. The fourth-order valence-corrected chi connectivity index (χ4v) is 2.48. The van der Waals surface area contributed by atoms with E-state index in [-0.39, 0.29) is 5.91 Å². The maximum absolute atomic E-state index is 12.8. The molecule has 0 aliphatic heterocycles. The van der Waals surface area contributed by atoms with Crippen molar-refractivity contribution in [3.05, 3.63) is 90.3 Å². The van der Waals surface area contributed by atoms with Gasteiger partial charge < -0.3 is 9.64 Å². The first-order chi connectivity index (χ1) is 12.2. The number of nitrogens with zero attached hydrogens (tertiary/aromatic N) is 2. The molecule has 126 valence electrons. The monoisotopic (exact) mass is 332 g/mol. The number of likely N-dealkylation sites (N-methyl/N-ethyl adjacent to an activating group) is 1. The minimum absolute atomic E-state index is 0.0672. The van der Waals surface area contributed by atoms with Crippen molar-refractivity contribution < 1.29 is 9.53 Å². The number of amides is 1.